The summed E-state index contributed by atoms with van der Waals surface area (Å²) in [4.78, 5) is 32.7. The number of hydrogen-bond acceptors (Lipinski definition) is 6. The maximum atomic E-state index is 11.9. The number of benzene rings is 1. The first-order chi connectivity index (χ1) is 15.2. The van der Waals surface area contributed by atoms with Crippen molar-refractivity contribution in [2.75, 3.05) is 29.0 Å². The minimum Gasteiger partial charge on any atom is -0.370 e. The Morgan fingerprint density at radius 2 is 2.03 bits per heavy atom. The average Bonchev–Trinajstić information content (AvgIpc) is 3.47. The molecular weight excluding hydrogens is 392 g/mol. The number of rotatable bonds is 9. The van der Waals surface area contributed by atoms with E-state index >= 15 is 0 Å². The van der Waals surface area contributed by atoms with Gasteiger partial charge in [-0.3, -0.25) is 9.59 Å². The number of hydrogen-bond donors (Lipinski definition) is 4. The van der Waals surface area contributed by atoms with Gasteiger partial charge >= 0.3 is 0 Å². The van der Waals surface area contributed by atoms with E-state index in [0.717, 1.165) is 54.1 Å². The van der Waals surface area contributed by atoms with E-state index in [1.165, 1.54) is 19.3 Å². The molecule has 0 spiro atoms. The first-order valence-corrected chi connectivity index (χ1v) is 11.2. The highest BCUT2D eigenvalue weighted by Crippen LogP contribution is 2.43. The number of carbonyl (C=O) groups excluding carboxylic acids is 2. The van der Waals surface area contributed by atoms with Crippen molar-refractivity contribution >= 4 is 35.0 Å². The van der Waals surface area contributed by atoms with Crippen molar-refractivity contribution in [3.63, 3.8) is 0 Å². The molecule has 3 aliphatic rings. The second kappa shape index (κ2) is 8.53. The predicted molar refractivity (Wildman–Crippen MR) is 120 cm³/mol. The molecule has 5 rings (SSSR count). The van der Waals surface area contributed by atoms with E-state index < -0.39 is 0 Å². The van der Waals surface area contributed by atoms with Crippen LogP contribution in [0.1, 0.15) is 55.6 Å². The molecule has 8 heteroatoms. The van der Waals surface area contributed by atoms with E-state index in [9.17, 15) is 9.59 Å². The Bertz CT molecular complexity index is 1000. The SMILES string of the molecule is O=C1Cc2cc(Nc3ncc(C4CC4)c(NCCCNC(=O)C4CCC4)n3)ccc2N1. The van der Waals surface area contributed by atoms with Gasteiger partial charge in [-0.1, -0.05) is 6.42 Å². The van der Waals surface area contributed by atoms with Crippen molar-refractivity contribution in [2.24, 2.45) is 5.92 Å². The highest BCUT2D eigenvalue weighted by molar-refractivity contribution is 5.99. The van der Waals surface area contributed by atoms with E-state index in [-0.39, 0.29) is 17.7 Å². The molecule has 2 heterocycles. The normalized spacial score (nSPS) is 17.5. The molecule has 1 aliphatic heterocycles. The minimum absolute atomic E-state index is 0.0209. The van der Waals surface area contributed by atoms with Crippen LogP contribution in [-0.4, -0.2) is 34.9 Å². The number of anilines is 4. The Morgan fingerprint density at radius 1 is 1.16 bits per heavy atom. The molecule has 2 aliphatic carbocycles. The quantitative estimate of drug-likeness (QED) is 0.464. The number of nitrogens with one attached hydrogen (secondary N) is 4. The standard InChI is InChI=1S/C23H28N6O2/c30-20-12-16-11-17(7-8-19(16)28-20)27-23-26-13-18(14-5-6-14)21(29-23)24-9-2-10-25-22(31)15-3-1-4-15/h7-8,11,13-15H,1-6,9-10,12H2,(H,25,31)(H,28,30)(H2,24,26,27,29). The highest BCUT2D eigenvalue weighted by Gasteiger charge is 2.28. The number of aromatic nitrogens is 2. The van der Waals surface area contributed by atoms with Crippen LogP contribution < -0.4 is 21.3 Å². The Labute approximate surface area is 181 Å². The molecule has 2 saturated carbocycles. The molecule has 0 radical (unpaired) electrons. The van der Waals surface area contributed by atoms with Crippen molar-refractivity contribution in [1.82, 2.24) is 15.3 Å². The van der Waals surface area contributed by atoms with Gasteiger partial charge in [-0.25, -0.2) is 4.98 Å². The van der Waals surface area contributed by atoms with Crippen LogP contribution in [0.25, 0.3) is 0 Å². The Hall–Kier alpha value is -3.16. The monoisotopic (exact) mass is 420 g/mol. The summed E-state index contributed by atoms with van der Waals surface area (Å²) in [7, 11) is 0. The van der Waals surface area contributed by atoms with Gasteiger partial charge in [0.1, 0.15) is 5.82 Å². The van der Waals surface area contributed by atoms with Gasteiger partial charge in [0, 0.05) is 42.1 Å². The van der Waals surface area contributed by atoms with Gasteiger partial charge in [-0.05, 0) is 61.8 Å². The molecule has 162 valence electrons. The Kier molecular flexibility index (Phi) is 5.44. The van der Waals surface area contributed by atoms with E-state index in [4.69, 9.17) is 4.98 Å². The summed E-state index contributed by atoms with van der Waals surface area (Å²) in [5.74, 6) is 2.38. The number of nitrogens with zero attached hydrogens (tertiary/aromatic N) is 2. The van der Waals surface area contributed by atoms with Crippen molar-refractivity contribution in [1.29, 1.82) is 0 Å². The molecule has 1 aromatic carbocycles. The summed E-state index contributed by atoms with van der Waals surface area (Å²) in [6.07, 6.45) is 8.74. The van der Waals surface area contributed by atoms with Crippen molar-refractivity contribution in [3.8, 4) is 0 Å². The summed E-state index contributed by atoms with van der Waals surface area (Å²) in [6.45, 7) is 1.42. The number of fused-ring (bicyclic) bond motifs is 1. The lowest BCUT2D eigenvalue weighted by atomic mass is 9.85. The van der Waals surface area contributed by atoms with Gasteiger partial charge in [0.2, 0.25) is 17.8 Å². The first-order valence-electron chi connectivity index (χ1n) is 11.2. The van der Waals surface area contributed by atoms with Crippen LogP contribution in [0, 0.1) is 5.92 Å². The van der Waals surface area contributed by atoms with E-state index in [0.29, 0.717) is 24.8 Å². The largest absolute Gasteiger partial charge is 0.370 e. The summed E-state index contributed by atoms with van der Waals surface area (Å²) >= 11 is 0. The lowest BCUT2D eigenvalue weighted by Crippen LogP contribution is -2.35. The van der Waals surface area contributed by atoms with Crippen LogP contribution in [0.3, 0.4) is 0 Å². The van der Waals surface area contributed by atoms with Gasteiger partial charge in [0.15, 0.2) is 0 Å². The predicted octanol–water partition coefficient (Wildman–Crippen LogP) is 3.31. The first kappa shape index (κ1) is 19.8. The van der Waals surface area contributed by atoms with Crippen LogP contribution in [0.5, 0.6) is 0 Å². The minimum atomic E-state index is 0.0209. The van der Waals surface area contributed by atoms with Gasteiger partial charge < -0.3 is 21.3 Å². The van der Waals surface area contributed by atoms with Crippen LogP contribution in [-0.2, 0) is 16.0 Å². The van der Waals surface area contributed by atoms with Gasteiger partial charge in [0.05, 0.1) is 6.42 Å². The van der Waals surface area contributed by atoms with Crippen LogP contribution >= 0.6 is 0 Å². The molecule has 0 unspecified atom stereocenters. The van der Waals surface area contributed by atoms with E-state index in [2.05, 4.69) is 26.3 Å². The summed E-state index contributed by atoms with van der Waals surface area (Å²) in [6, 6.07) is 5.78. The smallest absolute Gasteiger partial charge is 0.229 e. The zero-order chi connectivity index (χ0) is 21.2. The molecule has 2 aromatic rings. The maximum absolute atomic E-state index is 11.9. The van der Waals surface area contributed by atoms with E-state index in [1.807, 2.05) is 24.4 Å². The summed E-state index contributed by atoms with van der Waals surface area (Å²) in [5, 5.41) is 12.6. The zero-order valence-corrected chi connectivity index (χ0v) is 17.5. The van der Waals surface area contributed by atoms with Gasteiger partial charge in [-0.2, -0.15) is 4.98 Å². The lowest BCUT2D eigenvalue weighted by Gasteiger charge is -2.24. The fraction of sp³-hybridized carbons (Fsp3) is 0.478. The summed E-state index contributed by atoms with van der Waals surface area (Å²) < 4.78 is 0. The average molecular weight is 421 g/mol. The molecule has 0 bridgehead atoms. The Balaban J connectivity index is 1.19. The van der Waals surface area contributed by atoms with E-state index in [1.54, 1.807) is 0 Å². The lowest BCUT2D eigenvalue weighted by molar-refractivity contribution is -0.127. The third-order valence-electron chi connectivity index (χ3n) is 6.24. The second-order valence-electron chi connectivity index (χ2n) is 8.69. The fourth-order valence-corrected chi connectivity index (χ4v) is 4.04. The molecule has 31 heavy (non-hydrogen) atoms. The molecule has 1 aromatic heterocycles. The molecule has 0 atom stereocenters. The van der Waals surface area contributed by atoms with Crippen LogP contribution in [0.4, 0.5) is 23.1 Å². The summed E-state index contributed by atoms with van der Waals surface area (Å²) in [5.41, 5.74) is 3.87. The van der Waals surface area contributed by atoms with Crippen LogP contribution in [0.2, 0.25) is 0 Å². The molecule has 0 saturated heterocycles. The number of amides is 2. The number of carbonyl (C=O) groups is 2. The van der Waals surface area contributed by atoms with Crippen molar-refractivity contribution in [3.05, 3.63) is 35.5 Å². The molecule has 4 N–H and O–H groups in total. The molecule has 2 fully saturated rings. The molecule has 2 amide bonds. The zero-order valence-electron chi connectivity index (χ0n) is 17.5. The third kappa shape index (κ3) is 4.62. The van der Waals surface area contributed by atoms with Crippen molar-refractivity contribution < 1.29 is 9.59 Å². The fourth-order valence-electron chi connectivity index (χ4n) is 4.04. The molecular formula is C23H28N6O2. The van der Waals surface area contributed by atoms with Crippen LogP contribution in [0.15, 0.2) is 24.4 Å². The Morgan fingerprint density at radius 3 is 2.81 bits per heavy atom. The van der Waals surface area contributed by atoms with Crippen molar-refractivity contribution in [2.45, 2.75) is 50.9 Å². The third-order valence-corrected chi connectivity index (χ3v) is 6.24. The topological polar surface area (TPSA) is 108 Å². The van der Waals surface area contributed by atoms with Gasteiger partial charge in [0.25, 0.3) is 0 Å². The maximum Gasteiger partial charge on any atom is 0.229 e. The highest BCUT2D eigenvalue weighted by atomic mass is 16.2. The second-order valence-corrected chi connectivity index (χ2v) is 8.69. The van der Waals surface area contributed by atoms with Gasteiger partial charge in [-0.15, -0.1) is 0 Å². The molecule has 8 nitrogen and oxygen atoms in total.